The van der Waals surface area contributed by atoms with E-state index in [-0.39, 0.29) is 17.7 Å². The van der Waals surface area contributed by atoms with Crippen LogP contribution in [0.15, 0.2) is 24.3 Å². The summed E-state index contributed by atoms with van der Waals surface area (Å²) in [5.74, 6) is -1.15. The summed E-state index contributed by atoms with van der Waals surface area (Å²) in [5.41, 5.74) is 1.07. The van der Waals surface area contributed by atoms with Gasteiger partial charge in [-0.25, -0.2) is 0 Å². The van der Waals surface area contributed by atoms with Gasteiger partial charge in [-0.05, 0) is 37.0 Å². The van der Waals surface area contributed by atoms with Gasteiger partial charge >= 0.3 is 5.97 Å². The molecular formula is C13H14ClNO3. The monoisotopic (exact) mass is 267 g/mol. The summed E-state index contributed by atoms with van der Waals surface area (Å²) in [4.78, 5) is 22.4. The van der Waals surface area contributed by atoms with Crippen LogP contribution in [0.2, 0.25) is 5.02 Å². The first-order chi connectivity index (χ1) is 8.49. The number of carbonyl (C=O) groups is 2. The number of benzene rings is 1. The highest BCUT2D eigenvalue weighted by Crippen LogP contribution is 2.47. The summed E-state index contributed by atoms with van der Waals surface area (Å²) in [6.45, 7) is 1.46. The van der Waals surface area contributed by atoms with E-state index in [0.717, 1.165) is 12.0 Å². The minimum atomic E-state index is -1.02. The Morgan fingerprint density at radius 3 is 2.56 bits per heavy atom. The molecule has 0 radical (unpaired) electrons. The molecule has 18 heavy (non-hydrogen) atoms. The molecule has 2 rings (SSSR count). The van der Waals surface area contributed by atoms with Crippen molar-refractivity contribution in [2.45, 2.75) is 25.3 Å². The van der Waals surface area contributed by atoms with Crippen molar-refractivity contribution in [3.8, 4) is 0 Å². The molecule has 1 amide bonds. The largest absolute Gasteiger partial charge is 0.480 e. The van der Waals surface area contributed by atoms with Crippen molar-refractivity contribution in [3.05, 3.63) is 34.9 Å². The van der Waals surface area contributed by atoms with Crippen LogP contribution in [0.1, 0.15) is 24.8 Å². The third-order valence-electron chi connectivity index (χ3n) is 3.15. The molecule has 1 fully saturated rings. The topological polar surface area (TPSA) is 66.4 Å². The van der Waals surface area contributed by atoms with Crippen LogP contribution >= 0.6 is 11.6 Å². The van der Waals surface area contributed by atoms with Crippen LogP contribution in [0.25, 0.3) is 0 Å². The highest BCUT2D eigenvalue weighted by Gasteiger charge is 2.44. The zero-order valence-electron chi connectivity index (χ0n) is 9.89. The molecule has 1 aromatic carbocycles. The lowest BCUT2D eigenvalue weighted by molar-refractivity contribution is -0.141. The van der Waals surface area contributed by atoms with Gasteiger partial charge in [-0.2, -0.15) is 0 Å². The van der Waals surface area contributed by atoms with Crippen molar-refractivity contribution in [2.75, 3.05) is 0 Å². The van der Waals surface area contributed by atoms with Crippen molar-refractivity contribution >= 4 is 23.5 Å². The Morgan fingerprint density at radius 1 is 1.39 bits per heavy atom. The summed E-state index contributed by atoms with van der Waals surface area (Å²) in [6.07, 6.45) is 0.764. The van der Waals surface area contributed by atoms with Gasteiger partial charge < -0.3 is 10.4 Å². The number of amides is 1. The minimum absolute atomic E-state index is 0.118. The van der Waals surface area contributed by atoms with Gasteiger partial charge in [0.2, 0.25) is 5.91 Å². The van der Waals surface area contributed by atoms with Gasteiger partial charge in [-0.15, -0.1) is 0 Å². The lowest BCUT2D eigenvalue weighted by atomic mass is 10.1. The van der Waals surface area contributed by atoms with Crippen LogP contribution in [0.4, 0.5) is 0 Å². The zero-order valence-corrected chi connectivity index (χ0v) is 10.6. The highest BCUT2D eigenvalue weighted by molar-refractivity contribution is 6.30. The molecule has 0 saturated heterocycles. The molecule has 0 heterocycles. The number of nitrogens with one attached hydrogen (secondary N) is 1. The average Bonchev–Trinajstić information content (AvgIpc) is 3.09. The molecule has 3 atom stereocenters. The van der Waals surface area contributed by atoms with Crippen molar-refractivity contribution in [1.82, 2.24) is 5.32 Å². The van der Waals surface area contributed by atoms with E-state index in [4.69, 9.17) is 16.7 Å². The van der Waals surface area contributed by atoms with E-state index < -0.39 is 12.0 Å². The second-order valence-electron chi connectivity index (χ2n) is 4.57. The maximum atomic E-state index is 11.8. The normalized spacial score (nSPS) is 23.2. The smallest absolute Gasteiger partial charge is 0.325 e. The van der Waals surface area contributed by atoms with Crippen LogP contribution in [0.3, 0.4) is 0 Å². The molecule has 1 aromatic rings. The Bertz CT molecular complexity index is 472. The van der Waals surface area contributed by atoms with Gasteiger partial charge in [0.1, 0.15) is 6.04 Å². The summed E-state index contributed by atoms with van der Waals surface area (Å²) >= 11 is 5.79. The predicted octanol–water partition coefficient (Wildman–Crippen LogP) is 2.03. The predicted molar refractivity (Wildman–Crippen MR) is 67.5 cm³/mol. The second kappa shape index (κ2) is 4.98. The number of halogens is 1. The minimum Gasteiger partial charge on any atom is -0.480 e. The second-order valence-corrected chi connectivity index (χ2v) is 5.01. The number of hydrogen-bond acceptors (Lipinski definition) is 2. The highest BCUT2D eigenvalue weighted by atomic mass is 35.5. The molecule has 2 N–H and O–H groups in total. The zero-order chi connectivity index (χ0) is 13.3. The van der Waals surface area contributed by atoms with Gasteiger partial charge in [-0.1, -0.05) is 23.7 Å². The summed E-state index contributed by atoms with van der Waals surface area (Å²) in [7, 11) is 0. The Kier molecular flexibility index (Phi) is 3.57. The van der Waals surface area contributed by atoms with Crippen LogP contribution < -0.4 is 5.32 Å². The molecule has 0 aliphatic heterocycles. The molecule has 4 nitrogen and oxygen atoms in total. The molecule has 96 valence electrons. The molecule has 1 aliphatic carbocycles. The molecule has 0 unspecified atom stereocenters. The lowest BCUT2D eigenvalue weighted by Gasteiger charge is -2.08. The van der Waals surface area contributed by atoms with Crippen molar-refractivity contribution in [3.63, 3.8) is 0 Å². The first-order valence-corrected chi connectivity index (χ1v) is 6.15. The third-order valence-corrected chi connectivity index (χ3v) is 3.41. The van der Waals surface area contributed by atoms with E-state index in [1.807, 2.05) is 12.1 Å². The van der Waals surface area contributed by atoms with Gasteiger partial charge in [0.05, 0.1) is 0 Å². The third kappa shape index (κ3) is 2.82. The molecule has 0 aromatic heterocycles. The summed E-state index contributed by atoms with van der Waals surface area (Å²) < 4.78 is 0. The Labute approximate surface area is 110 Å². The Morgan fingerprint density at radius 2 is 2.00 bits per heavy atom. The first-order valence-electron chi connectivity index (χ1n) is 5.77. The van der Waals surface area contributed by atoms with Crippen LogP contribution in [0.5, 0.6) is 0 Å². The van der Waals surface area contributed by atoms with Gasteiger partial charge in [0.15, 0.2) is 0 Å². The maximum absolute atomic E-state index is 11.8. The van der Waals surface area contributed by atoms with Gasteiger partial charge in [-0.3, -0.25) is 9.59 Å². The van der Waals surface area contributed by atoms with E-state index in [2.05, 4.69) is 5.32 Å². The fourth-order valence-corrected chi connectivity index (χ4v) is 2.07. The van der Waals surface area contributed by atoms with Crippen molar-refractivity contribution < 1.29 is 14.7 Å². The Hall–Kier alpha value is -1.55. The SMILES string of the molecule is C[C@H](NC(=O)[C@H]1C[C@@H]1c1ccc(Cl)cc1)C(=O)O. The quantitative estimate of drug-likeness (QED) is 0.877. The molecule has 1 aliphatic rings. The Balaban J connectivity index is 1.93. The van der Waals surface area contributed by atoms with Gasteiger partial charge in [0, 0.05) is 10.9 Å². The standard InChI is InChI=1S/C13H14ClNO3/c1-7(13(17)18)15-12(16)11-6-10(11)8-2-4-9(14)5-3-8/h2-5,7,10-11H,6H2,1H3,(H,15,16)(H,17,18)/t7-,10+,11-/m0/s1. The van der Waals surface area contributed by atoms with Crippen LogP contribution in [-0.2, 0) is 9.59 Å². The number of hydrogen-bond donors (Lipinski definition) is 2. The summed E-state index contributed by atoms with van der Waals surface area (Å²) in [6, 6.07) is 6.56. The molecule has 5 heteroatoms. The fourth-order valence-electron chi connectivity index (χ4n) is 1.95. The number of carbonyl (C=O) groups excluding carboxylic acids is 1. The average molecular weight is 268 g/mol. The van der Waals surface area contributed by atoms with Crippen molar-refractivity contribution in [2.24, 2.45) is 5.92 Å². The summed E-state index contributed by atoms with van der Waals surface area (Å²) in [5, 5.41) is 11.9. The van der Waals surface area contributed by atoms with E-state index >= 15 is 0 Å². The van der Waals surface area contributed by atoms with E-state index in [1.165, 1.54) is 6.92 Å². The molecule has 0 spiro atoms. The van der Waals surface area contributed by atoms with E-state index in [9.17, 15) is 9.59 Å². The van der Waals surface area contributed by atoms with Crippen LogP contribution in [-0.4, -0.2) is 23.0 Å². The number of aliphatic carboxylic acids is 1. The van der Waals surface area contributed by atoms with Crippen LogP contribution in [0, 0.1) is 5.92 Å². The molecular weight excluding hydrogens is 254 g/mol. The van der Waals surface area contributed by atoms with E-state index in [0.29, 0.717) is 5.02 Å². The molecule has 1 saturated carbocycles. The first kappa shape index (κ1) is 12.9. The van der Waals surface area contributed by atoms with Crippen molar-refractivity contribution in [1.29, 1.82) is 0 Å². The van der Waals surface area contributed by atoms with Gasteiger partial charge in [0.25, 0.3) is 0 Å². The van der Waals surface area contributed by atoms with E-state index in [1.54, 1.807) is 12.1 Å². The number of carboxylic acid groups (broad SMARTS) is 1. The lowest BCUT2D eigenvalue weighted by Crippen LogP contribution is -2.39. The number of rotatable bonds is 4. The molecule has 0 bridgehead atoms. The fraction of sp³-hybridized carbons (Fsp3) is 0.385. The number of carboxylic acids is 1. The maximum Gasteiger partial charge on any atom is 0.325 e.